The van der Waals surface area contributed by atoms with Gasteiger partial charge in [0.2, 0.25) is 0 Å². The van der Waals surface area contributed by atoms with Crippen molar-refractivity contribution in [3.8, 4) is 0 Å². The first-order chi connectivity index (χ1) is 9.28. The van der Waals surface area contributed by atoms with E-state index in [1.54, 1.807) is 7.11 Å². The molecule has 1 atom stereocenters. The lowest BCUT2D eigenvalue weighted by Crippen LogP contribution is -2.45. The fourth-order valence-corrected chi connectivity index (χ4v) is 3.00. The van der Waals surface area contributed by atoms with E-state index in [0.29, 0.717) is 13.0 Å². The van der Waals surface area contributed by atoms with Crippen LogP contribution in [0, 0.1) is 0 Å². The van der Waals surface area contributed by atoms with E-state index in [1.807, 2.05) is 20.8 Å². The van der Waals surface area contributed by atoms with Crippen LogP contribution in [-0.4, -0.2) is 39.7 Å². The highest BCUT2D eigenvalue weighted by Crippen LogP contribution is 2.38. The van der Waals surface area contributed by atoms with Crippen molar-refractivity contribution in [2.75, 3.05) is 13.7 Å². The number of ether oxygens (including phenoxy) is 2. The predicted octanol–water partition coefficient (Wildman–Crippen LogP) is 4.15. The largest absolute Gasteiger partial charge is 0.460 e. The molecule has 0 heterocycles. The fraction of sp³-hybridized carbons (Fsp3) is 0.938. The van der Waals surface area contributed by atoms with Crippen molar-refractivity contribution in [2.24, 2.45) is 0 Å². The van der Waals surface area contributed by atoms with Gasteiger partial charge in [-0.05, 0) is 45.3 Å². The van der Waals surface area contributed by atoms with Crippen molar-refractivity contribution in [3.05, 3.63) is 0 Å². The first-order valence-corrected chi connectivity index (χ1v) is 10.6. The molecular formula is C16H34O4Si. The van der Waals surface area contributed by atoms with Crippen LogP contribution < -0.4 is 0 Å². The van der Waals surface area contributed by atoms with Gasteiger partial charge in [0.05, 0.1) is 12.5 Å². The molecule has 0 spiro atoms. The Morgan fingerprint density at radius 2 is 1.62 bits per heavy atom. The van der Waals surface area contributed by atoms with Crippen LogP contribution in [0.25, 0.3) is 0 Å². The standard InChI is InChI=1S/C16H34O4Si/c1-15(2,3)19-14(17)12-13(10-11-18-7)20-21(8,9)16(4,5)6/h13H,10-12H2,1-9H3/t13-/m0/s1. The first-order valence-electron chi connectivity index (χ1n) is 7.67. The van der Waals surface area contributed by atoms with E-state index in [0.717, 1.165) is 0 Å². The lowest BCUT2D eigenvalue weighted by molar-refractivity contribution is -0.157. The van der Waals surface area contributed by atoms with E-state index in [9.17, 15) is 4.79 Å². The van der Waals surface area contributed by atoms with Crippen molar-refractivity contribution >= 4 is 14.3 Å². The number of esters is 1. The molecule has 0 N–H and O–H groups in total. The summed E-state index contributed by atoms with van der Waals surface area (Å²) in [7, 11) is -0.243. The van der Waals surface area contributed by atoms with Crippen LogP contribution in [0.4, 0.5) is 0 Å². The highest BCUT2D eigenvalue weighted by molar-refractivity contribution is 6.74. The molecule has 0 unspecified atom stereocenters. The molecule has 0 rings (SSSR count). The summed E-state index contributed by atoms with van der Waals surface area (Å²) in [6, 6.07) is 0. The quantitative estimate of drug-likeness (QED) is 0.522. The Morgan fingerprint density at radius 3 is 2.00 bits per heavy atom. The van der Waals surface area contributed by atoms with E-state index in [-0.39, 0.29) is 23.5 Å². The molecule has 126 valence electrons. The Balaban J connectivity index is 4.77. The third-order valence-electron chi connectivity index (χ3n) is 3.73. The molecule has 0 aliphatic rings. The number of rotatable bonds is 7. The van der Waals surface area contributed by atoms with Gasteiger partial charge in [-0.15, -0.1) is 0 Å². The summed E-state index contributed by atoms with van der Waals surface area (Å²) in [6.45, 7) is 17.2. The maximum absolute atomic E-state index is 12.0. The third kappa shape index (κ3) is 8.59. The van der Waals surface area contributed by atoms with Crippen LogP contribution in [-0.2, 0) is 18.7 Å². The minimum atomic E-state index is -1.91. The molecule has 0 aromatic heterocycles. The van der Waals surface area contributed by atoms with Gasteiger partial charge in [0.15, 0.2) is 8.32 Å². The number of hydrogen-bond donors (Lipinski definition) is 0. The van der Waals surface area contributed by atoms with Crippen LogP contribution in [0.2, 0.25) is 18.1 Å². The first kappa shape index (κ1) is 20.6. The zero-order valence-electron chi connectivity index (χ0n) is 15.3. The molecule has 0 fully saturated rings. The Labute approximate surface area is 131 Å². The highest BCUT2D eigenvalue weighted by atomic mass is 28.4. The van der Waals surface area contributed by atoms with E-state index in [2.05, 4.69) is 33.9 Å². The van der Waals surface area contributed by atoms with Crippen molar-refractivity contribution in [3.63, 3.8) is 0 Å². The average molecular weight is 319 g/mol. The zero-order valence-corrected chi connectivity index (χ0v) is 16.3. The van der Waals surface area contributed by atoms with E-state index in [1.165, 1.54) is 0 Å². The molecule has 0 saturated heterocycles. The van der Waals surface area contributed by atoms with Crippen molar-refractivity contribution in [1.29, 1.82) is 0 Å². The Hall–Kier alpha value is -0.393. The molecule has 0 bridgehead atoms. The zero-order chi connectivity index (χ0) is 16.9. The molecule has 0 aromatic carbocycles. The van der Waals surface area contributed by atoms with Crippen LogP contribution in [0.5, 0.6) is 0 Å². The highest BCUT2D eigenvalue weighted by Gasteiger charge is 2.39. The van der Waals surface area contributed by atoms with Gasteiger partial charge in [0, 0.05) is 13.7 Å². The Bertz CT molecular complexity index is 326. The van der Waals surface area contributed by atoms with Crippen LogP contribution in [0.1, 0.15) is 54.4 Å². The topological polar surface area (TPSA) is 44.8 Å². The lowest BCUT2D eigenvalue weighted by atomic mass is 10.1. The fourth-order valence-electron chi connectivity index (χ4n) is 1.61. The minimum absolute atomic E-state index is 0.117. The molecular weight excluding hydrogens is 284 g/mol. The number of hydrogen-bond acceptors (Lipinski definition) is 4. The van der Waals surface area contributed by atoms with Gasteiger partial charge in [-0.3, -0.25) is 4.79 Å². The summed E-state index contributed by atoms with van der Waals surface area (Å²) in [5, 5.41) is 0.117. The normalized spacial score (nSPS) is 14.9. The Morgan fingerprint density at radius 1 is 1.10 bits per heavy atom. The minimum Gasteiger partial charge on any atom is -0.460 e. The number of carbonyl (C=O) groups excluding carboxylic acids is 1. The average Bonchev–Trinajstić information content (AvgIpc) is 2.20. The molecule has 5 heteroatoms. The molecule has 21 heavy (non-hydrogen) atoms. The maximum Gasteiger partial charge on any atom is 0.308 e. The number of carbonyl (C=O) groups is 1. The van der Waals surface area contributed by atoms with E-state index in [4.69, 9.17) is 13.9 Å². The maximum atomic E-state index is 12.0. The monoisotopic (exact) mass is 318 g/mol. The summed E-state index contributed by atoms with van der Waals surface area (Å²) in [5.74, 6) is -0.206. The summed E-state index contributed by atoms with van der Waals surface area (Å²) < 4.78 is 16.9. The van der Waals surface area contributed by atoms with Gasteiger partial charge in [-0.1, -0.05) is 20.8 Å². The molecule has 4 nitrogen and oxygen atoms in total. The lowest BCUT2D eigenvalue weighted by Gasteiger charge is -2.39. The van der Waals surface area contributed by atoms with E-state index >= 15 is 0 Å². The third-order valence-corrected chi connectivity index (χ3v) is 8.26. The second-order valence-electron chi connectivity index (χ2n) is 8.07. The van der Waals surface area contributed by atoms with Gasteiger partial charge < -0.3 is 13.9 Å². The van der Waals surface area contributed by atoms with Gasteiger partial charge in [-0.2, -0.15) is 0 Å². The summed E-state index contributed by atoms with van der Waals surface area (Å²) in [4.78, 5) is 12.0. The van der Waals surface area contributed by atoms with Gasteiger partial charge >= 0.3 is 5.97 Å². The molecule has 0 aliphatic heterocycles. The summed E-state index contributed by atoms with van der Waals surface area (Å²) in [6.07, 6.45) is 0.857. The molecule has 0 radical (unpaired) electrons. The smallest absolute Gasteiger partial charge is 0.308 e. The van der Waals surface area contributed by atoms with Crippen molar-refractivity contribution in [2.45, 2.75) is 84.2 Å². The van der Waals surface area contributed by atoms with Crippen LogP contribution >= 0.6 is 0 Å². The molecule has 0 aliphatic carbocycles. The van der Waals surface area contributed by atoms with Crippen LogP contribution in [0.15, 0.2) is 0 Å². The molecule has 0 aromatic rings. The predicted molar refractivity (Wildman–Crippen MR) is 89.0 cm³/mol. The molecule has 0 amide bonds. The van der Waals surface area contributed by atoms with Crippen molar-refractivity contribution < 1.29 is 18.7 Å². The summed E-state index contributed by atoms with van der Waals surface area (Å²) >= 11 is 0. The van der Waals surface area contributed by atoms with E-state index < -0.39 is 13.9 Å². The molecule has 0 saturated carbocycles. The van der Waals surface area contributed by atoms with Gasteiger partial charge in [0.25, 0.3) is 0 Å². The van der Waals surface area contributed by atoms with Gasteiger partial charge in [-0.25, -0.2) is 0 Å². The Kier molecular flexibility index (Phi) is 7.60. The van der Waals surface area contributed by atoms with Crippen molar-refractivity contribution in [1.82, 2.24) is 0 Å². The number of methoxy groups -OCH3 is 1. The SMILES string of the molecule is COCC[C@@H](CC(=O)OC(C)(C)C)O[Si](C)(C)C(C)(C)C. The van der Waals surface area contributed by atoms with Gasteiger partial charge in [0.1, 0.15) is 5.60 Å². The second kappa shape index (κ2) is 7.74. The van der Waals surface area contributed by atoms with Crippen LogP contribution in [0.3, 0.4) is 0 Å². The second-order valence-corrected chi connectivity index (χ2v) is 12.8. The summed E-state index contributed by atoms with van der Waals surface area (Å²) in [5.41, 5.74) is -0.458.